The summed E-state index contributed by atoms with van der Waals surface area (Å²) < 4.78 is 0. The van der Waals surface area contributed by atoms with Crippen molar-refractivity contribution in [1.82, 2.24) is 0 Å². The van der Waals surface area contributed by atoms with Gasteiger partial charge in [-0.2, -0.15) is 0 Å². The van der Waals surface area contributed by atoms with Crippen molar-refractivity contribution in [3.05, 3.63) is 11.6 Å². The van der Waals surface area contributed by atoms with E-state index >= 15 is 0 Å². The molecule has 0 heteroatoms. The molecule has 0 aliphatic heterocycles. The van der Waals surface area contributed by atoms with Crippen molar-refractivity contribution in [1.29, 1.82) is 0 Å². The third kappa shape index (κ3) is 0.521. The molecule has 2 rings (SSSR count). The zero-order valence-electron chi connectivity index (χ0n) is 5.35. The zero-order chi connectivity index (χ0) is 5.56. The molecule has 0 aromatic rings. The maximum atomic E-state index is 2.42. The molecular weight excluding hydrogens is 96.1 g/mol. The van der Waals surface area contributed by atoms with Gasteiger partial charge in [-0.05, 0) is 31.1 Å². The SMILES string of the molecule is CC1CC=C1C1CC1. The summed E-state index contributed by atoms with van der Waals surface area (Å²) in [6.45, 7) is 2.34. The van der Waals surface area contributed by atoms with Gasteiger partial charge in [0.25, 0.3) is 0 Å². The minimum atomic E-state index is 0.947. The van der Waals surface area contributed by atoms with E-state index < -0.39 is 0 Å². The molecule has 0 nitrogen and oxygen atoms in total. The van der Waals surface area contributed by atoms with E-state index in [0.717, 1.165) is 11.8 Å². The smallest absolute Gasteiger partial charge is 0.0194 e. The lowest BCUT2D eigenvalue weighted by molar-refractivity contribution is 0.578. The fraction of sp³-hybridized carbons (Fsp3) is 0.750. The molecule has 1 atom stereocenters. The van der Waals surface area contributed by atoms with E-state index in [2.05, 4.69) is 13.0 Å². The molecule has 44 valence electrons. The first-order valence-corrected chi connectivity index (χ1v) is 3.58. The maximum absolute atomic E-state index is 2.42. The van der Waals surface area contributed by atoms with Crippen LogP contribution in [0, 0.1) is 11.8 Å². The first-order valence-electron chi connectivity index (χ1n) is 3.58. The van der Waals surface area contributed by atoms with Gasteiger partial charge in [-0.1, -0.05) is 18.6 Å². The average Bonchev–Trinajstić information content (AvgIpc) is 2.46. The summed E-state index contributed by atoms with van der Waals surface area (Å²) in [5.74, 6) is 1.99. The number of allylic oxidation sites excluding steroid dienone is 2. The minimum absolute atomic E-state index is 0.947. The third-order valence-electron chi connectivity index (χ3n) is 2.32. The number of rotatable bonds is 1. The van der Waals surface area contributed by atoms with E-state index in [1.807, 2.05) is 0 Å². The molecule has 0 amide bonds. The summed E-state index contributed by atoms with van der Waals surface area (Å²) >= 11 is 0. The fourth-order valence-electron chi connectivity index (χ4n) is 1.48. The van der Waals surface area contributed by atoms with Crippen molar-refractivity contribution in [3.8, 4) is 0 Å². The molecule has 0 aromatic heterocycles. The van der Waals surface area contributed by atoms with Crippen LogP contribution in [0.3, 0.4) is 0 Å². The van der Waals surface area contributed by atoms with Crippen molar-refractivity contribution in [2.45, 2.75) is 26.2 Å². The normalized spacial score (nSPS) is 36.1. The van der Waals surface area contributed by atoms with E-state index in [1.165, 1.54) is 19.3 Å². The van der Waals surface area contributed by atoms with Crippen molar-refractivity contribution in [2.75, 3.05) is 0 Å². The van der Waals surface area contributed by atoms with Crippen LogP contribution in [-0.2, 0) is 0 Å². The largest absolute Gasteiger partial charge is 0.0842 e. The summed E-state index contributed by atoms with van der Waals surface area (Å²) in [6.07, 6.45) is 6.74. The van der Waals surface area contributed by atoms with Crippen molar-refractivity contribution < 1.29 is 0 Å². The Hall–Kier alpha value is -0.260. The molecule has 8 heavy (non-hydrogen) atoms. The first kappa shape index (κ1) is 4.60. The Morgan fingerprint density at radius 1 is 1.50 bits per heavy atom. The highest BCUT2D eigenvalue weighted by molar-refractivity contribution is 5.23. The first-order chi connectivity index (χ1) is 3.88. The molecule has 0 saturated heterocycles. The van der Waals surface area contributed by atoms with Crippen LogP contribution in [0.2, 0.25) is 0 Å². The molecule has 0 N–H and O–H groups in total. The van der Waals surface area contributed by atoms with Gasteiger partial charge in [0.1, 0.15) is 0 Å². The lowest BCUT2D eigenvalue weighted by Gasteiger charge is -2.22. The Balaban J connectivity index is 2.05. The average molecular weight is 108 g/mol. The van der Waals surface area contributed by atoms with Crippen LogP contribution in [0.4, 0.5) is 0 Å². The fourth-order valence-corrected chi connectivity index (χ4v) is 1.48. The summed E-state index contributed by atoms with van der Waals surface area (Å²) in [5.41, 5.74) is 1.77. The molecule has 0 spiro atoms. The Bertz CT molecular complexity index is 129. The summed E-state index contributed by atoms with van der Waals surface area (Å²) in [6, 6.07) is 0. The minimum Gasteiger partial charge on any atom is -0.0842 e. The predicted octanol–water partition coefficient (Wildman–Crippen LogP) is 2.36. The van der Waals surface area contributed by atoms with Crippen molar-refractivity contribution >= 4 is 0 Å². The van der Waals surface area contributed by atoms with Crippen LogP contribution in [0.1, 0.15) is 26.2 Å². The molecule has 0 radical (unpaired) electrons. The lowest BCUT2D eigenvalue weighted by atomic mass is 9.83. The molecule has 1 saturated carbocycles. The van der Waals surface area contributed by atoms with Gasteiger partial charge in [0.15, 0.2) is 0 Å². The summed E-state index contributed by atoms with van der Waals surface area (Å²) in [7, 11) is 0. The second kappa shape index (κ2) is 1.37. The summed E-state index contributed by atoms with van der Waals surface area (Å²) in [4.78, 5) is 0. The van der Waals surface area contributed by atoms with Gasteiger partial charge in [-0.25, -0.2) is 0 Å². The molecule has 1 unspecified atom stereocenters. The highest BCUT2D eigenvalue weighted by atomic mass is 14.4. The van der Waals surface area contributed by atoms with Gasteiger partial charge in [-0.3, -0.25) is 0 Å². The molecule has 1 fully saturated rings. The monoisotopic (exact) mass is 108 g/mol. The molecule has 2 aliphatic rings. The highest BCUT2D eigenvalue weighted by Gasteiger charge is 2.31. The lowest BCUT2D eigenvalue weighted by Crippen LogP contribution is -2.09. The Morgan fingerprint density at radius 2 is 2.25 bits per heavy atom. The van der Waals surface area contributed by atoms with Gasteiger partial charge in [0.05, 0.1) is 0 Å². The topological polar surface area (TPSA) is 0 Å². The number of hydrogen-bond acceptors (Lipinski definition) is 0. The molecule has 0 heterocycles. The Morgan fingerprint density at radius 3 is 2.38 bits per heavy atom. The van der Waals surface area contributed by atoms with Crippen LogP contribution in [-0.4, -0.2) is 0 Å². The predicted molar refractivity (Wildman–Crippen MR) is 34.6 cm³/mol. The van der Waals surface area contributed by atoms with E-state index in [0.29, 0.717) is 0 Å². The molecule has 0 aromatic carbocycles. The quantitative estimate of drug-likeness (QED) is 0.452. The zero-order valence-corrected chi connectivity index (χ0v) is 5.35. The van der Waals surface area contributed by atoms with Gasteiger partial charge >= 0.3 is 0 Å². The molecule has 0 bridgehead atoms. The van der Waals surface area contributed by atoms with Crippen LogP contribution in [0.25, 0.3) is 0 Å². The van der Waals surface area contributed by atoms with E-state index in [-0.39, 0.29) is 0 Å². The van der Waals surface area contributed by atoms with Gasteiger partial charge < -0.3 is 0 Å². The van der Waals surface area contributed by atoms with Gasteiger partial charge in [-0.15, -0.1) is 0 Å². The van der Waals surface area contributed by atoms with Crippen LogP contribution >= 0.6 is 0 Å². The van der Waals surface area contributed by atoms with Crippen molar-refractivity contribution in [2.24, 2.45) is 11.8 Å². The van der Waals surface area contributed by atoms with Crippen LogP contribution < -0.4 is 0 Å². The molecule has 2 aliphatic carbocycles. The summed E-state index contributed by atoms with van der Waals surface area (Å²) in [5, 5.41) is 0. The standard InChI is InChI=1S/C8H12/c1-6-2-5-8(6)7-3-4-7/h5-7H,2-4H2,1H3. The second-order valence-corrected chi connectivity index (χ2v) is 3.12. The van der Waals surface area contributed by atoms with E-state index in [4.69, 9.17) is 0 Å². The highest BCUT2D eigenvalue weighted by Crippen LogP contribution is 2.45. The van der Waals surface area contributed by atoms with Crippen LogP contribution in [0.5, 0.6) is 0 Å². The number of hydrogen-bond donors (Lipinski definition) is 0. The molecular formula is C8H12. The third-order valence-corrected chi connectivity index (χ3v) is 2.32. The van der Waals surface area contributed by atoms with Crippen LogP contribution in [0.15, 0.2) is 11.6 Å². The van der Waals surface area contributed by atoms with Gasteiger partial charge in [0, 0.05) is 0 Å². The van der Waals surface area contributed by atoms with Crippen molar-refractivity contribution in [3.63, 3.8) is 0 Å². The van der Waals surface area contributed by atoms with E-state index in [1.54, 1.807) is 5.57 Å². The Kier molecular flexibility index (Phi) is 0.787. The van der Waals surface area contributed by atoms with Gasteiger partial charge in [0.2, 0.25) is 0 Å². The maximum Gasteiger partial charge on any atom is -0.0194 e. The van der Waals surface area contributed by atoms with E-state index in [9.17, 15) is 0 Å². The Labute approximate surface area is 50.6 Å². The second-order valence-electron chi connectivity index (χ2n) is 3.12.